The van der Waals surface area contributed by atoms with Crippen molar-refractivity contribution in [3.8, 4) is 22.3 Å². The third-order valence-electron chi connectivity index (χ3n) is 13.4. The number of aromatic nitrogens is 4. The number of aromatic amines is 2. The summed E-state index contributed by atoms with van der Waals surface area (Å²) in [5.74, 6) is 5.36. The van der Waals surface area contributed by atoms with Crippen LogP contribution in [0.2, 0.25) is 0 Å². The first-order chi connectivity index (χ1) is 33.5. The van der Waals surface area contributed by atoms with Crippen LogP contribution < -0.4 is 10.6 Å². The number of carbonyl (C=O) groups is 4. The second kappa shape index (κ2) is 21.8. The topological polar surface area (TPSA) is 175 Å². The van der Waals surface area contributed by atoms with Gasteiger partial charge in [-0.2, -0.15) is 23.5 Å². The van der Waals surface area contributed by atoms with Crippen LogP contribution in [0, 0.1) is 0 Å². The van der Waals surface area contributed by atoms with Gasteiger partial charge in [0.05, 0.1) is 60.1 Å². The van der Waals surface area contributed by atoms with Crippen LogP contribution in [0.3, 0.4) is 0 Å². The van der Waals surface area contributed by atoms with Gasteiger partial charge in [-0.1, -0.05) is 55.5 Å². The molecule has 69 heavy (non-hydrogen) atoms. The van der Waals surface area contributed by atoms with Crippen molar-refractivity contribution in [1.82, 2.24) is 40.4 Å². The van der Waals surface area contributed by atoms with Gasteiger partial charge in [-0.25, -0.2) is 19.6 Å². The highest BCUT2D eigenvalue weighted by atomic mass is 32.2. The Bertz CT molecular complexity index is 2870. The zero-order valence-corrected chi connectivity index (χ0v) is 42.7. The number of thioether (sulfide) groups is 4. The maximum absolute atomic E-state index is 13.9. The first-order valence-corrected chi connectivity index (χ1v) is 28.3. The third-order valence-corrected chi connectivity index (χ3v) is 16.8. The molecule has 6 aromatic rings. The van der Waals surface area contributed by atoms with E-state index in [1.807, 2.05) is 22.3 Å². The van der Waals surface area contributed by atoms with Crippen LogP contribution in [-0.4, -0.2) is 127 Å². The standard InChI is InChI=1S/C51H58N8O6S4/c1-29-20-33-9-7-30(21-36(33)34-12-14-38-42(23-34)54-46(52-38)44-25-68-27-58(44)48(60)40(16-18-66-4)56-50(62)64-2)6-8-31-10-11-32(29)22-37(31)35-13-15-39-43(24-35)55-47(53-39)45-26-69-28-59(45)49(61)41(17-19-67-5)57-51(63)65-3/h7,9-15,21-24,29,40-41,44-45H,6,8,16-20,25-28H2,1-5H3,(H,52,54)(H,53,55)(H,56,62)(H,57,63). The monoisotopic (exact) mass is 1010 g/mol. The minimum absolute atomic E-state index is 0.130. The highest BCUT2D eigenvalue weighted by molar-refractivity contribution is 7.99. The van der Waals surface area contributed by atoms with Crippen molar-refractivity contribution in [1.29, 1.82) is 0 Å². The average molecular weight is 1010 g/mol. The van der Waals surface area contributed by atoms with Crippen LogP contribution in [0.25, 0.3) is 44.3 Å². The molecular formula is C51H58N8O6S4. The maximum atomic E-state index is 13.9. The van der Waals surface area contributed by atoms with Crippen LogP contribution in [0.5, 0.6) is 0 Å². The van der Waals surface area contributed by atoms with E-state index in [-0.39, 0.29) is 29.8 Å². The van der Waals surface area contributed by atoms with Gasteiger partial charge in [-0.05, 0) is 131 Å². The number of rotatable bonds is 14. The lowest BCUT2D eigenvalue weighted by Crippen LogP contribution is -2.48. The highest BCUT2D eigenvalue weighted by Gasteiger charge is 2.38. The summed E-state index contributed by atoms with van der Waals surface area (Å²) in [5.41, 5.74) is 13.3. The van der Waals surface area contributed by atoms with E-state index in [4.69, 9.17) is 19.4 Å². The van der Waals surface area contributed by atoms with Gasteiger partial charge in [0.25, 0.3) is 0 Å². The first kappa shape index (κ1) is 48.7. The zero-order valence-electron chi connectivity index (χ0n) is 39.5. The molecule has 4 aromatic carbocycles. The van der Waals surface area contributed by atoms with E-state index < -0.39 is 24.3 Å². The lowest BCUT2D eigenvalue weighted by molar-refractivity contribution is -0.134. The minimum atomic E-state index is -0.678. The predicted octanol–water partition coefficient (Wildman–Crippen LogP) is 9.32. The number of imidazole rings is 2. The number of carbonyl (C=O) groups excluding carboxylic acids is 4. The summed E-state index contributed by atoms with van der Waals surface area (Å²) in [6.07, 6.45) is 6.32. The Kier molecular flexibility index (Phi) is 15.4. The number of alkyl carbamates (subject to hydrolysis) is 2. The third kappa shape index (κ3) is 10.6. The molecule has 0 saturated carbocycles. The number of ether oxygens (including phenoxy) is 2. The number of aryl methyl sites for hydroxylation is 2. The smallest absolute Gasteiger partial charge is 0.407 e. The van der Waals surface area contributed by atoms with Gasteiger partial charge in [-0.15, -0.1) is 23.5 Å². The van der Waals surface area contributed by atoms with Gasteiger partial charge in [0.15, 0.2) is 0 Å². The number of nitrogens with one attached hydrogen (secondary N) is 4. The Balaban J connectivity index is 0.947. The maximum Gasteiger partial charge on any atom is 0.407 e. The van der Waals surface area contributed by atoms with Gasteiger partial charge >= 0.3 is 12.2 Å². The van der Waals surface area contributed by atoms with Gasteiger partial charge in [-0.3, -0.25) is 9.59 Å². The fraction of sp³-hybridized carbons (Fsp3) is 0.412. The molecule has 2 fully saturated rings. The van der Waals surface area contributed by atoms with Gasteiger partial charge in [0.1, 0.15) is 23.7 Å². The first-order valence-electron chi connectivity index (χ1n) is 23.2. The summed E-state index contributed by atoms with van der Waals surface area (Å²) in [6.45, 7) is 2.30. The highest BCUT2D eigenvalue weighted by Crippen LogP contribution is 2.39. The molecule has 2 aliphatic heterocycles. The van der Waals surface area contributed by atoms with Crippen molar-refractivity contribution < 1.29 is 28.7 Å². The van der Waals surface area contributed by atoms with Gasteiger partial charge < -0.3 is 39.9 Å². The lowest BCUT2D eigenvalue weighted by Gasteiger charge is -2.27. The van der Waals surface area contributed by atoms with E-state index in [2.05, 4.69) is 100 Å². The van der Waals surface area contributed by atoms with E-state index in [1.54, 1.807) is 47.0 Å². The molecule has 12 rings (SSSR count). The molecule has 4 aliphatic carbocycles. The van der Waals surface area contributed by atoms with E-state index >= 15 is 0 Å². The Labute approximate surface area is 419 Å². The second-order valence-corrected chi connectivity index (χ2v) is 21.8. The number of benzene rings is 4. The van der Waals surface area contributed by atoms with Crippen LogP contribution >= 0.6 is 47.0 Å². The Morgan fingerprint density at radius 3 is 1.74 bits per heavy atom. The number of nitrogens with zero attached hydrogens (tertiary/aromatic N) is 4. The number of amides is 4. The van der Waals surface area contributed by atoms with E-state index in [0.29, 0.717) is 36.1 Å². The molecule has 6 aliphatic rings. The Hall–Kier alpha value is -5.30. The molecule has 4 bridgehead atoms. The molecule has 5 unspecified atom stereocenters. The largest absolute Gasteiger partial charge is 0.453 e. The van der Waals surface area contributed by atoms with Crippen molar-refractivity contribution in [2.45, 2.75) is 69.1 Å². The molecule has 18 heteroatoms. The molecule has 5 atom stereocenters. The fourth-order valence-electron chi connectivity index (χ4n) is 9.61. The summed E-state index contributed by atoms with van der Waals surface area (Å²) >= 11 is 6.63. The quantitative estimate of drug-likeness (QED) is 0.0816. The molecular weight excluding hydrogens is 949 g/mol. The minimum Gasteiger partial charge on any atom is -0.453 e. The number of hydrogen-bond donors (Lipinski definition) is 4. The number of hydrogen-bond acceptors (Lipinski definition) is 12. The Morgan fingerprint density at radius 1 is 0.696 bits per heavy atom. The normalized spacial score (nSPS) is 18.8. The van der Waals surface area contributed by atoms with Gasteiger partial charge in [0, 0.05) is 11.5 Å². The molecule has 0 spiro atoms. The number of fused-ring (bicyclic) bond motifs is 2. The fourth-order valence-corrected chi connectivity index (χ4v) is 12.9. The van der Waals surface area contributed by atoms with E-state index in [0.717, 1.165) is 75.6 Å². The summed E-state index contributed by atoms with van der Waals surface area (Å²) in [4.78, 5) is 72.9. The second-order valence-electron chi connectivity index (χ2n) is 17.8. The molecule has 2 saturated heterocycles. The summed E-state index contributed by atoms with van der Waals surface area (Å²) in [6, 6.07) is 24.9. The van der Waals surface area contributed by atoms with E-state index in [9.17, 15) is 19.2 Å². The van der Waals surface area contributed by atoms with E-state index in [1.165, 1.54) is 47.6 Å². The van der Waals surface area contributed by atoms with Crippen molar-refractivity contribution in [2.24, 2.45) is 0 Å². The molecule has 362 valence electrons. The summed E-state index contributed by atoms with van der Waals surface area (Å²) in [5, 5.41) is 5.51. The lowest BCUT2D eigenvalue weighted by atomic mass is 9.84. The molecule has 2 aromatic heterocycles. The van der Waals surface area contributed by atoms with Crippen molar-refractivity contribution >= 4 is 93.1 Å². The summed E-state index contributed by atoms with van der Waals surface area (Å²) in [7, 11) is 2.62. The van der Waals surface area contributed by atoms with Crippen LogP contribution in [0.15, 0.2) is 72.8 Å². The molecule has 14 nitrogen and oxygen atoms in total. The van der Waals surface area contributed by atoms with Crippen molar-refractivity contribution in [3.05, 3.63) is 107 Å². The van der Waals surface area contributed by atoms with Crippen molar-refractivity contribution in [3.63, 3.8) is 0 Å². The van der Waals surface area contributed by atoms with Gasteiger partial charge in [0.2, 0.25) is 11.8 Å². The number of H-pyrrole nitrogens is 2. The predicted molar refractivity (Wildman–Crippen MR) is 281 cm³/mol. The number of methoxy groups -OCH3 is 2. The summed E-state index contributed by atoms with van der Waals surface area (Å²) < 4.78 is 9.69. The van der Waals surface area contributed by atoms with Crippen molar-refractivity contribution in [2.75, 3.05) is 61.5 Å². The molecule has 4 N–H and O–H groups in total. The Morgan fingerprint density at radius 2 is 1.22 bits per heavy atom. The SMILES string of the molecule is COC(=O)NC(CCSC)C(=O)N1CSCC1c1nc2ccc(-c3cc4ccc3CCc3ccc(c(-c5ccc6nc(C7CSCN7C(=O)C(CCSC)NC(=O)OC)[nH]c6c5)c3)CC4C)cc2[nH]1. The van der Waals surface area contributed by atoms with Crippen LogP contribution in [0.4, 0.5) is 9.59 Å². The molecule has 4 amide bonds. The molecule has 4 heterocycles. The van der Waals surface area contributed by atoms with Crippen LogP contribution in [-0.2, 0) is 38.3 Å². The average Bonchev–Trinajstić information content (AvgIpc) is 4.21. The zero-order chi connectivity index (χ0) is 48.2. The molecule has 0 radical (unpaired) electrons. The van der Waals surface area contributed by atoms with Crippen LogP contribution in [0.1, 0.15) is 71.7 Å².